The molecule has 82 valence electrons. The van der Waals surface area contributed by atoms with Gasteiger partial charge in [0.1, 0.15) is 5.75 Å². The number of benzene rings is 1. The van der Waals surface area contributed by atoms with Crippen molar-refractivity contribution in [2.75, 3.05) is 7.11 Å². The number of ether oxygens (including phenoxy) is 1. The summed E-state index contributed by atoms with van der Waals surface area (Å²) < 4.78 is 5.10. The van der Waals surface area contributed by atoms with Crippen molar-refractivity contribution in [3.05, 3.63) is 52.4 Å². The summed E-state index contributed by atoms with van der Waals surface area (Å²) in [5, 5.41) is 0. The first-order valence-electron chi connectivity index (χ1n) is 5.04. The minimum absolute atomic E-state index is 0.0743. The van der Waals surface area contributed by atoms with Gasteiger partial charge in [-0.05, 0) is 30.2 Å². The van der Waals surface area contributed by atoms with E-state index in [-0.39, 0.29) is 5.56 Å². The lowest BCUT2D eigenvalue weighted by Crippen LogP contribution is -2.04. The van der Waals surface area contributed by atoms with E-state index in [0.29, 0.717) is 0 Å². The first kappa shape index (κ1) is 10.5. The van der Waals surface area contributed by atoms with E-state index in [1.165, 1.54) is 0 Å². The summed E-state index contributed by atoms with van der Waals surface area (Å²) in [5.41, 5.74) is 2.99. The van der Waals surface area contributed by atoms with Crippen LogP contribution in [0.15, 0.2) is 41.3 Å². The van der Waals surface area contributed by atoms with Crippen molar-refractivity contribution in [1.82, 2.24) is 4.98 Å². The largest absolute Gasteiger partial charge is 0.497 e. The van der Waals surface area contributed by atoms with Gasteiger partial charge in [-0.25, -0.2) is 0 Å². The monoisotopic (exact) mass is 215 g/mol. The van der Waals surface area contributed by atoms with Gasteiger partial charge >= 0.3 is 0 Å². The molecule has 0 aliphatic rings. The number of hydrogen-bond acceptors (Lipinski definition) is 2. The van der Waals surface area contributed by atoms with E-state index < -0.39 is 0 Å². The highest BCUT2D eigenvalue weighted by Crippen LogP contribution is 2.23. The Morgan fingerprint density at radius 1 is 1.19 bits per heavy atom. The van der Waals surface area contributed by atoms with Crippen LogP contribution in [0.5, 0.6) is 5.75 Å². The Labute approximate surface area is 93.7 Å². The van der Waals surface area contributed by atoms with Crippen LogP contribution >= 0.6 is 0 Å². The third kappa shape index (κ3) is 1.98. The van der Waals surface area contributed by atoms with Crippen LogP contribution in [0.2, 0.25) is 0 Å². The molecule has 0 atom stereocenters. The van der Waals surface area contributed by atoms with Crippen LogP contribution in [0, 0.1) is 6.92 Å². The summed E-state index contributed by atoms with van der Waals surface area (Å²) >= 11 is 0. The summed E-state index contributed by atoms with van der Waals surface area (Å²) in [7, 11) is 1.64. The van der Waals surface area contributed by atoms with Crippen LogP contribution < -0.4 is 10.3 Å². The fraction of sp³-hybridized carbons (Fsp3) is 0.154. The molecule has 1 heterocycles. The third-order valence-electron chi connectivity index (χ3n) is 2.53. The Morgan fingerprint density at radius 3 is 2.44 bits per heavy atom. The second-order valence-corrected chi connectivity index (χ2v) is 3.62. The number of methoxy groups -OCH3 is 1. The van der Waals surface area contributed by atoms with Gasteiger partial charge in [0.15, 0.2) is 0 Å². The molecule has 3 heteroatoms. The lowest BCUT2D eigenvalue weighted by atomic mass is 10.0. The van der Waals surface area contributed by atoms with Gasteiger partial charge in [-0.15, -0.1) is 0 Å². The number of aromatic amines is 1. The molecule has 0 bridgehead atoms. The van der Waals surface area contributed by atoms with E-state index in [9.17, 15) is 4.79 Å². The van der Waals surface area contributed by atoms with Crippen molar-refractivity contribution < 1.29 is 4.74 Å². The number of aryl methyl sites for hydroxylation is 1. The zero-order valence-electron chi connectivity index (χ0n) is 9.28. The predicted octanol–water partition coefficient (Wildman–Crippen LogP) is 2.36. The number of pyridine rings is 1. The second kappa shape index (κ2) is 4.23. The van der Waals surface area contributed by atoms with E-state index in [0.717, 1.165) is 22.4 Å². The summed E-state index contributed by atoms with van der Waals surface area (Å²) in [4.78, 5) is 13.8. The highest BCUT2D eigenvalue weighted by molar-refractivity contribution is 5.66. The summed E-state index contributed by atoms with van der Waals surface area (Å²) in [5.74, 6) is 0.825. The molecule has 1 aromatic carbocycles. The van der Waals surface area contributed by atoms with Gasteiger partial charge in [0.25, 0.3) is 0 Å². The highest BCUT2D eigenvalue weighted by Gasteiger charge is 2.02. The average Bonchev–Trinajstić information content (AvgIpc) is 2.29. The molecule has 0 fully saturated rings. The fourth-order valence-electron chi connectivity index (χ4n) is 1.65. The first-order chi connectivity index (χ1) is 7.70. The third-order valence-corrected chi connectivity index (χ3v) is 2.53. The van der Waals surface area contributed by atoms with Crippen LogP contribution in [-0.4, -0.2) is 12.1 Å². The molecule has 0 saturated heterocycles. The smallest absolute Gasteiger partial charge is 0.248 e. The van der Waals surface area contributed by atoms with E-state index in [2.05, 4.69) is 4.98 Å². The molecule has 1 aromatic heterocycles. The van der Waals surface area contributed by atoms with Crippen LogP contribution in [0.25, 0.3) is 11.1 Å². The molecule has 0 saturated carbocycles. The molecule has 1 N–H and O–H groups in total. The summed E-state index contributed by atoms with van der Waals surface area (Å²) in [6.07, 6.45) is 1.74. The number of hydrogen-bond donors (Lipinski definition) is 1. The SMILES string of the molecule is COc1ccc(-c2c[nH]c(=O)cc2C)cc1. The van der Waals surface area contributed by atoms with Crippen molar-refractivity contribution in [2.45, 2.75) is 6.92 Å². The van der Waals surface area contributed by atoms with E-state index >= 15 is 0 Å². The van der Waals surface area contributed by atoms with Crippen LogP contribution in [0.4, 0.5) is 0 Å². The molecule has 0 radical (unpaired) electrons. The molecule has 2 aromatic rings. The average molecular weight is 215 g/mol. The second-order valence-electron chi connectivity index (χ2n) is 3.62. The van der Waals surface area contributed by atoms with E-state index in [4.69, 9.17) is 4.74 Å². The van der Waals surface area contributed by atoms with Gasteiger partial charge in [0.05, 0.1) is 7.11 Å². The molecular weight excluding hydrogens is 202 g/mol. The standard InChI is InChI=1S/C13H13NO2/c1-9-7-13(15)14-8-12(9)10-3-5-11(16-2)6-4-10/h3-8H,1-2H3,(H,14,15). The Balaban J connectivity index is 2.46. The summed E-state index contributed by atoms with van der Waals surface area (Å²) in [6, 6.07) is 9.35. The zero-order chi connectivity index (χ0) is 11.5. The topological polar surface area (TPSA) is 42.1 Å². The quantitative estimate of drug-likeness (QED) is 0.835. The molecule has 0 aliphatic carbocycles. The zero-order valence-corrected chi connectivity index (χ0v) is 9.28. The maximum atomic E-state index is 11.1. The van der Waals surface area contributed by atoms with Crippen molar-refractivity contribution >= 4 is 0 Å². The van der Waals surface area contributed by atoms with Gasteiger partial charge < -0.3 is 9.72 Å². The predicted molar refractivity (Wildman–Crippen MR) is 63.8 cm³/mol. The Bertz CT molecular complexity index is 541. The normalized spacial score (nSPS) is 10.1. The highest BCUT2D eigenvalue weighted by atomic mass is 16.5. The van der Waals surface area contributed by atoms with Crippen LogP contribution in [0.1, 0.15) is 5.56 Å². The van der Waals surface area contributed by atoms with E-state index in [1.54, 1.807) is 19.4 Å². The lowest BCUT2D eigenvalue weighted by molar-refractivity contribution is 0.415. The van der Waals surface area contributed by atoms with Crippen molar-refractivity contribution in [3.63, 3.8) is 0 Å². The van der Waals surface area contributed by atoms with Gasteiger partial charge in [0.2, 0.25) is 5.56 Å². The summed E-state index contributed by atoms with van der Waals surface area (Å²) in [6.45, 7) is 1.93. The molecular formula is C13H13NO2. The van der Waals surface area contributed by atoms with Crippen molar-refractivity contribution in [3.8, 4) is 16.9 Å². The minimum Gasteiger partial charge on any atom is -0.497 e. The van der Waals surface area contributed by atoms with Gasteiger partial charge in [-0.3, -0.25) is 4.79 Å². The molecule has 2 rings (SSSR count). The molecule has 0 aliphatic heterocycles. The molecule has 3 nitrogen and oxygen atoms in total. The maximum absolute atomic E-state index is 11.1. The molecule has 0 unspecified atom stereocenters. The van der Waals surface area contributed by atoms with Gasteiger partial charge in [-0.1, -0.05) is 12.1 Å². The van der Waals surface area contributed by atoms with Gasteiger partial charge in [-0.2, -0.15) is 0 Å². The molecule has 16 heavy (non-hydrogen) atoms. The van der Waals surface area contributed by atoms with E-state index in [1.807, 2.05) is 31.2 Å². The number of nitrogens with one attached hydrogen (secondary N) is 1. The lowest BCUT2D eigenvalue weighted by Gasteiger charge is -2.06. The van der Waals surface area contributed by atoms with Crippen molar-refractivity contribution in [1.29, 1.82) is 0 Å². The Morgan fingerprint density at radius 2 is 1.88 bits per heavy atom. The Hall–Kier alpha value is -2.03. The van der Waals surface area contributed by atoms with Crippen molar-refractivity contribution in [2.24, 2.45) is 0 Å². The molecule has 0 spiro atoms. The maximum Gasteiger partial charge on any atom is 0.248 e. The first-order valence-corrected chi connectivity index (χ1v) is 5.04. The number of rotatable bonds is 2. The number of H-pyrrole nitrogens is 1. The van der Waals surface area contributed by atoms with Crippen LogP contribution in [-0.2, 0) is 0 Å². The minimum atomic E-state index is -0.0743. The van der Waals surface area contributed by atoms with Crippen LogP contribution in [0.3, 0.4) is 0 Å². The van der Waals surface area contributed by atoms with Gasteiger partial charge in [0, 0.05) is 17.8 Å². The Kier molecular flexibility index (Phi) is 2.77. The molecule has 0 amide bonds. The number of aromatic nitrogens is 1. The fourth-order valence-corrected chi connectivity index (χ4v) is 1.65.